The number of ether oxygens (including phenoxy) is 1. The van der Waals surface area contributed by atoms with E-state index < -0.39 is 0 Å². The number of hydrogen-bond donors (Lipinski definition) is 1. The summed E-state index contributed by atoms with van der Waals surface area (Å²) in [6, 6.07) is 0.377. The molecule has 2 aromatic rings. The van der Waals surface area contributed by atoms with E-state index in [0.717, 1.165) is 0 Å². The van der Waals surface area contributed by atoms with Gasteiger partial charge >= 0.3 is 12.0 Å². The van der Waals surface area contributed by atoms with Gasteiger partial charge in [-0.05, 0) is 0 Å². The molecule has 0 bridgehead atoms. The van der Waals surface area contributed by atoms with Gasteiger partial charge in [-0.15, -0.1) is 5.10 Å². The number of nitrogens with zero attached hydrogens (tertiary/aromatic N) is 5. The van der Waals surface area contributed by atoms with Gasteiger partial charge in [-0.2, -0.15) is 4.98 Å². The third-order valence-corrected chi connectivity index (χ3v) is 1.41. The topological polar surface area (TPSA) is 91.7 Å². The zero-order valence-electron chi connectivity index (χ0n) is 7.45. The fourth-order valence-electron chi connectivity index (χ4n) is 0.827. The highest BCUT2D eigenvalue weighted by atomic mass is 16.5. The van der Waals surface area contributed by atoms with Crippen LogP contribution in [0.4, 0.5) is 5.69 Å². The number of anilines is 1. The van der Waals surface area contributed by atoms with E-state index in [-0.39, 0.29) is 12.0 Å². The average molecular weight is 192 g/mol. The van der Waals surface area contributed by atoms with Crippen LogP contribution in [0.15, 0.2) is 18.7 Å². The molecule has 72 valence electrons. The van der Waals surface area contributed by atoms with Gasteiger partial charge < -0.3 is 10.5 Å². The Morgan fingerprint density at radius 3 is 2.50 bits per heavy atom. The maximum absolute atomic E-state index is 5.41. The van der Waals surface area contributed by atoms with Crippen LogP contribution in [0.2, 0.25) is 0 Å². The van der Waals surface area contributed by atoms with Crippen LogP contribution in [0.3, 0.4) is 0 Å². The van der Waals surface area contributed by atoms with Crippen molar-refractivity contribution in [3.05, 3.63) is 18.7 Å². The van der Waals surface area contributed by atoms with Gasteiger partial charge in [0.2, 0.25) is 0 Å². The molecule has 0 aliphatic carbocycles. The van der Waals surface area contributed by atoms with Crippen LogP contribution in [0, 0.1) is 0 Å². The Balaban J connectivity index is 2.15. The molecule has 2 N–H and O–H groups in total. The monoisotopic (exact) mass is 192 g/mol. The summed E-state index contributed by atoms with van der Waals surface area (Å²) in [5.74, 6) is 0. The summed E-state index contributed by atoms with van der Waals surface area (Å²) in [4.78, 5) is 11.5. The number of rotatable bonds is 2. The molecule has 0 aliphatic heterocycles. The minimum absolute atomic E-state index is 0.172. The van der Waals surface area contributed by atoms with Crippen molar-refractivity contribution in [1.29, 1.82) is 0 Å². The highest BCUT2D eigenvalue weighted by molar-refractivity contribution is 5.31. The fourth-order valence-corrected chi connectivity index (χ4v) is 0.827. The molecule has 0 saturated heterocycles. The van der Waals surface area contributed by atoms with Gasteiger partial charge in [0.1, 0.15) is 6.33 Å². The van der Waals surface area contributed by atoms with Crippen molar-refractivity contribution in [2.45, 2.75) is 0 Å². The minimum Gasteiger partial charge on any atom is -0.396 e. The molecule has 0 radical (unpaired) electrons. The predicted octanol–water partition coefficient (Wildman–Crippen LogP) is -0.0204. The summed E-state index contributed by atoms with van der Waals surface area (Å²) in [6.45, 7) is 0. The van der Waals surface area contributed by atoms with Crippen LogP contribution in [-0.4, -0.2) is 24.7 Å². The molecule has 0 spiro atoms. The summed E-state index contributed by atoms with van der Waals surface area (Å²) in [5, 5.41) is 3.90. The first-order chi connectivity index (χ1) is 6.74. The summed E-state index contributed by atoms with van der Waals surface area (Å²) in [5.41, 5.74) is 5.89. The lowest BCUT2D eigenvalue weighted by atomic mass is 10.6. The van der Waals surface area contributed by atoms with Gasteiger partial charge in [-0.1, -0.05) is 0 Å². The molecule has 7 nitrogen and oxygen atoms in total. The lowest BCUT2D eigenvalue weighted by Crippen LogP contribution is -1.95. The number of nitrogens with two attached hydrogens (primary N) is 1. The Bertz CT molecular complexity index is 422. The normalized spacial score (nSPS) is 10.1. The van der Waals surface area contributed by atoms with Crippen molar-refractivity contribution in [2.75, 3.05) is 5.73 Å². The first-order valence-electron chi connectivity index (χ1n) is 3.85. The van der Waals surface area contributed by atoms with Crippen LogP contribution >= 0.6 is 0 Å². The van der Waals surface area contributed by atoms with E-state index in [1.54, 1.807) is 7.05 Å². The van der Waals surface area contributed by atoms with E-state index in [0.29, 0.717) is 5.69 Å². The molecule has 0 fully saturated rings. The second kappa shape index (κ2) is 3.29. The van der Waals surface area contributed by atoms with Crippen molar-refractivity contribution < 1.29 is 4.74 Å². The quantitative estimate of drug-likeness (QED) is 0.718. The van der Waals surface area contributed by atoms with E-state index in [1.165, 1.54) is 23.4 Å². The third-order valence-electron chi connectivity index (χ3n) is 1.41. The molecule has 0 saturated carbocycles. The maximum Gasteiger partial charge on any atom is 0.343 e. The number of hydrogen-bond acceptors (Lipinski definition) is 6. The second-order valence-corrected chi connectivity index (χ2v) is 2.60. The van der Waals surface area contributed by atoms with Crippen molar-refractivity contribution in [3.8, 4) is 12.0 Å². The average Bonchev–Trinajstić information content (AvgIpc) is 2.56. The summed E-state index contributed by atoms with van der Waals surface area (Å²) in [6.07, 6.45) is 4.42. The highest BCUT2D eigenvalue weighted by Gasteiger charge is 2.03. The number of aryl methyl sites for hydroxylation is 1. The van der Waals surface area contributed by atoms with Crippen LogP contribution in [0.5, 0.6) is 12.0 Å². The fraction of sp³-hybridized carbons (Fsp3) is 0.143. The van der Waals surface area contributed by atoms with E-state index in [4.69, 9.17) is 10.5 Å². The van der Waals surface area contributed by atoms with Crippen LogP contribution < -0.4 is 10.5 Å². The van der Waals surface area contributed by atoms with Gasteiger partial charge in [0.05, 0.1) is 18.1 Å². The SMILES string of the molecule is Cn1cnc(Oc2ncc(N)cn2)n1. The highest BCUT2D eigenvalue weighted by Crippen LogP contribution is 2.10. The van der Waals surface area contributed by atoms with Crippen LogP contribution in [0.25, 0.3) is 0 Å². The summed E-state index contributed by atoms with van der Waals surface area (Å²) < 4.78 is 6.65. The Kier molecular flexibility index (Phi) is 1.98. The van der Waals surface area contributed by atoms with Gasteiger partial charge in [-0.25, -0.2) is 9.97 Å². The minimum atomic E-state index is 0.172. The summed E-state index contributed by atoms with van der Waals surface area (Å²) >= 11 is 0. The molecule has 0 aromatic carbocycles. The Morgan fingerprint density at radius 2 is 1.93 bits per heavy atom. The smallest absolute Gasteiger partial charge is 0.343 e. The molecule has 2 rings (SSSR count). The molecule has 0 unspecified atom stereocenters. The Hall–Kier alpha value is -2.18. The van der Waals surface area contributed by atoms with Crippen LogP contribution in [0.1, 0.15) is 0 Å². The summed E-state index contributed by atoms with van der Waals surface area (Å²) in [7, 11) is 1.74. The van der Waals surface area contributed by atoms with Gasteiger partial charge in [0.15, 0.2) is 0 Å². The van der Waals surface area contributed by atoms with Crippen molar-refractivity contribution >= 4 is 5.69 Å². The molecule has 0 amide bonds. The lowest BCUT2D eigenvalue weighted by Gasteiger charge is -1.97. The standard InChI is InChI=1S/C7H8N6O/c1-13-4-11-7(12-13)14-6-9-2-5(8)3-10-6/h2-4H,8H2,1H3. The van der Waals surface area contributed by atoms with Crippen LogP contribution in [-0.2, 0) is 7.05 Å². The molecular formula is C7H8N6O. The van der Waals surface area contributed by atoms with E-state index in [2.05, 4.69) is 20.1 Å². The predicted molar refractivity (Wildman–Crippen MR) is 47.5 cm³/mol. The zero-order chi connectivity index (χ0) is 9.97. The molecule has 2 aromatic heterocycles. The van der Waals surface area contributed by atoms with Crippen molar-refractivity contribution in [3.63, 3.8) is 0 Å². The van der Waals surface area contributed by atoms with Crippen molar-refractivity contribution in [1.82, 2.24) is 24.7 Å². The largest absolute Gasteiger partial charge is 0.396 e. The molecule has 0 atom stereocenters. The molecule has 2 heterocycles. The molecular weight excluding hydrogens is 184 g/mol. The molecule has 7 heteroatoms. The van der Waals surface area contributed by atoms with E-state index >= 15 is 0 Å². The van der Waals surface area contributed by atoms with E-state index in [9.17, 15) is 0 Å². The Labute approximate surface area is 79.6 Å². The second-order valence-electron chi connectivity index (χ2n) is 2.60. The number of nitrogen functional groups attached to an aromatic ring is 1. The Morgan fingerprint density at radius 1 is 1.21 bits per heavy atom. The first-order valence-corrected chi connectivity index (χ1v) is 3.85. The van der Waals surface area contributed by atoms with Crippen molar-refractivity contribution in [2.24, 2.45) is 7.05 Å². The lowest BCUT2D eigenvalue weighted by molar-refractivity contribution is 0.405. The van der Waals surface area contributed by atoms with Gasteiger partial charge in [0, 0.05) is 7.05 Å². The maximum atomic E-state index is 5.41. The van der Waals surface area contributed by atoms with Gasteiger partial charge in [0.25, 0.3) is 0 Å². The zero-order valence-corrected chi connectivity index (χ0v) is 7.45. The number of aromatic nitrogens is 5. The first kappa shape index (κ1) is 8.42. The molecule has 14 heavy (non-hydrogen) atoms. The third kappa shape index (κ3) is 1.76. The van der Waals surface area contributed by atoms with E-state index in [1.807, 2.05) is 0 Å². The van der Waals surface area contributed by atoms with Gasteiger partial charge in [-0.3, -0.25) is 4.68 Å². The molecule has 0 aliphatic rings.